The fraction of sp³-hybridized carbons (Fsp3) is 0.344. The van der Waals surface area contributed by atoms with Crippen LogP contribution in [-0.2, 0) is 32.1 Å². The summed E-state index contributed by atoms with van der Waals surface area (Å²) >= 11 is 5.55. The van der Waals surface area contributed by atoms with E-state index in [1.807, 2.05) is 30.5 Å². The van der Waals surface area contributed by atoms with E-state index >= 15 is 4.39 Å². The third-order valence-electron chi connectivity index (χ3n) is 6.95. The lowest BCUT2D eigenvalue weighted by Crippen LogP contribution is -1.99. The first-order valence-corrected chi connectivity index (χ1v) is 13.6. The van der Waals surface area contributed by atoms with E-state index < -0.39 is 16.7 Å². The highest BCUT2D eigenvalue weighted by Crippen LogP contribution is 2.26. The van der Waals surface area contributed by atoms with Crippen LogP contribution in [0.25, 0.3) is 10.8 Å². The number of hydrogen-bond donors (Lipinski definition) is 0. The Kier molecular flexibility index (Phi) is 9.62. The molecule has 4 rings (SSSR count). The molecule has 5 heteroatoms. The number of unbranched alkanes of at least 4 members (excludes halogenated alkanes) is 4. The van der Waals surface area contributed by atoms with Gasteiger partial charge in [-0.25, -0.2) is 13.2 Å². The van der Waals surface area contributed by atoms with Gasteiger partial charge in [-0.05, 0) is 84.4 Å². The second-order valence-electron chi connectivity index (χ2n) is 9.79. The first-order chi connectivity index (χ1) is 17.9. The minimum atomic E-state index is -0.799. The van der Waals surface area contributed by atoms with Crippen LogP contribution >= 0.6 is 11.6 Å². The lowest BCUT2D eigenvalue weighted by atomic mass is 9.97. The molecule has 0 amide bonds. The van der Waals surface area contributed by atoms with Crippen LogP contribution in [0.2, 0.25) is 5.02 Å². The molecule has 0 radical (unpaired) electrons. The predicted octanol–water partition coefficient (Wildman–Crippen LogP) is 9.39. The number of nitrogens with zero attached hydrogens (tertiary/aromatic N) is 1. The number of pyridine rings is 1. The molecular weight excluding hydrogens is 491 g/mol. The van der Waals surface area contributed by atoms with Crippen molar-refractivity contribution in [2.45, 2.75) is 71.1 Å². The molecule has 0 unspecified atom stereocenters. The lowest BCUT2D eigenvalue weighted by molar-refractivity contribution is 0.579. The highest BCUT2D eigenvalue weighted by atomic mass is 35.5. The zero-order valence-corrected chi connectivity index (χ0v) is 22.1. The summed E-state index contributed by atoms with van der Waals surface area (Å²) in [4.78, 5) is 4.64. The monoisotopic (exact) mass is 523 g/mol. The summed E-state index contributed by atoms with van der Waals surface area (Å²) in [6.45, 7) is 2.23. The van der Waals surface area contributed by atoms with Gasteiger partial charge in [-0.2, -0.15) is 0 Å². The maximum atomic E-state index is 15.2. The molecule has 0 fully saturated rings. The number of aryl methyl sites for hydroxylation is 5. The number of aromatic nitrogens is 1. The zero-order valence-electron chi connectivity index (χ0n) is 21.3. The van der Waals surface area contributed by atoms with Crippen LogP contribution in [0.5, 0.6) is 0 Å². The largest absolute Gasteiger partial charge is 0.261 e. The normalized spacial score (nSPS) is 11.4. The average Bonchev–Trinajstić information content (AvgIpc) is 2.90. The van der Waals surface area contributed by atoms with Gasteiger partial charge in [0.2, 0.25) is 0 Å². The van der Waals surface area contributed by atoms with Crippen molar-refractivity contribution < 1.29 is 13.2 Å². The van der Waals surface area contributed by atoms with Crippen LogP contribution in [-0.4, -0.2) is 4.98 Å². The minimum Gasteiger partial charge on any atom is -0.261 e. The van der Waals surface area contributed by atoms with Crippen LogP contribution in [0.1, 0.15) is 67.0 Å². The van der Waals surface area contributed by atoms with Gasteiger partial charge >= 0.3 is 0 Å². The second-order valence-corrected chi connectivity index (χ2v) is 10.2. The fourth-order valence-corrected chi connectivity index (χ4v) is 4.83. The molecule has 0 saturated heterocycles. The molecule has 0 bridgehead atoms. The summed E-state index contributed by atoms with van der Waals surface area (Å²) in [5, 5.41) is 0.877. The Bertz CT molecular complexity index is 1310. The first kappa shape index (κ1) is 27.2. The third kappa shape index (κ3) is 7.35. The van der Waals surface area contributed by atoms with Crippen LogP contribution in [0.3, 0.4) is 0 Å². The summed E-state index contributed by atoms with van der Waals surface area (Å²) in [5.41, 5.74) is 4.46. The van der Waals surface area contributed by atoms with E-state index in [4.69, 9.17) is 11.6 Å². The van der Waals surface area contributed by atoms with E-state index in [0.717, 1.165) is 35.9 Å². The fourth-order valence-electron chi connectivity index (χ4n) is 4.72. The number of rotatable bonds is 12. The summed E-state index contributed by atoms with van der Waals surface area (Å²) in [6.07, 6.45) is 11.8. The maximum absolute atomic E-state index is 15.2. The van der Waals surface area contributed by atoms with Crippen LogP contribution in [0.4, 0.5) is 13.2 Å². The van der Waals surface area contributed by atoms with Gasteiger partial charge in [0, 0.05) is 17.3 Å². The zero-order chi connectivity index (χ0) is 26.2. The Morgan fingerprint density at radius 2 is 1.41 bits per heavy atom. The van der Waals surface area contributed by atoms with Crippen molar-refractivity contribution >= 4 is 22.4 Å². The van der Waals surface area contributed by atoms with Gasteiger partial charge in [0.15, 0.2) is 0 Å². The molecule has 3 aromatic carbocycles. The second kappa shape index (κ2) is 13.1. The predicted molar refractivity (Wildman–Crippen MR) is 147 cm³/mol. The Hall–Kier alpha value is -2.85. The maximum Gasteiger partial charge on any atom is 0.145 e. The molecule has 1 aromatic heterocycles. The van der Waals surface area contributed by atoms with Gasteiger partial charge in [0.25, 0.3) is 0 Å². The van der Waals surface area contributed by atoms with E-state index in [9.17, 15) is 8.78 Å². The molecule has 0 atom stereocenters. The van der Waals surface area contributed by atoms with Crippen molar-refractivity contribution in [3.63, 3.8) is 0 Å². The molecule has 0 saturated carbocycles. The van der Waals surface area contributed by atoms with Gasteiger partial charge in [-0.3, -0.25) is 4.98 Å². The van der Waals surface area contributed by atoms with Gasteiger partial charge in [0.05, 0.1) is 0 Å². The standard InChI is InChI=1S/C32H33ClF3N/c1-2-3-4-5-6-7-23-10-16-27(37-21-23)15-9-22-11-17-28-26(18-22)14-13-25(32(28)36)12-8-24-19-29(34)31(33)30(35)20-24/h10-11,13-14,16-21H,2-9,12,15H2,1H3. The van der Waals surface area contributed by atoms with Gasteiger partial charge in [0.1, 0.15) is 22.5 Å². The highest BCUT2D eigenvalue weighted by Gasteiger charge is 2.12. The van der Waals surface area contributed by atoms with E-state index in [1.54, 1.807) is 6.07 Å². The van der Waals surface area contributed by atoms with Crippen LogP contribution in [0, 0.1) is 17.5 Å². The smallest absolute Gasteiger partial charge is 0.145 e. The Labute approximate surface area is 222 Å². The summed E-state index contributed by atoms with van der Waals surface area (Å²) in [6, 6.07) is 16.2. The SMILES string of the molecule is CCCCCCCc1ccc(CCc2ccc3c(F)c(CCc4cc(F)c(Cl)c(F)c4)ccc3c2)nc1. The van der Waals surface area contributed by atoms with Crippen molar-refractivity contribution in [3.8, 4) is 0 Å². The molecule has 0 aliphatic rings. The Morgan fingerprint density at radius 3 is 2.14 bits per heavy atom. The van der Waals surface area contributed by atoms with Crippen molar-refractivity contribution in [2.75, 3.05) is 0 Å². The van der Waals surface area contributed by atoms with Crippen molar-refractivity contribution in [3.05, 3.63) is 111 Å². The Balaban J connectivity index is 1.34. The molecule has 0 aliphatic carbocycles. The minimum absolute atomic E-state index is 0.286. The van der Waals surface area contributed by atoms with Gasteiger partial charge in [-0.15, -0.1) is 0 Å². The highest BCUT2D eigenvalue weighted by molar-refractivity contribution is 6.30. The average molecular weight is 524 g/mol. The van der Waals surface area contributed by atoms with E-state index in [0.29, 0.717) is 29.4 Å². The van der Waals surface area contributed by atoms with Gasteiger partial charge < -0.3 is 0 Å². The number of hydrogen-bond acceptors (Lipinski definition) is 1. The van der Waals surface area contributed by atoms with Crippen LogP contribution < -0.4 is 0 Å². The molecule has 1 nitrogen and oxygen atoms in total. The quantitative estimate of drug-likeness (QED) is 0.133. The molecule has 0 spiro atoms. The molecular formula is C32H33ClF3N. The molecule has 0 N–H and O–H groups in total. The molecule has 194 valence electrons. The Morgan fingerprint density at radius 1 is 0.676 bits per heavy atom. The first-order valence-electron chi connectivity index (χ1n) is 13.2. The van der Waals surface area contributed by atoms with Crippen LogP contribution in [0.15, 0.2) is 60.8 Å². The topological polar surface area (TPSA) is 12.9 Å². The molecule has 4 aromatic rings. The van der Waals surface area contributed by atoms with Crippen molar-refractivity contribution in [2.24, 2.45) is 0 Å². The summed E-state index contributed by atoms with van der Waals surface area (Å²) in [5.74, 6) is -1.88. The number of halogens is 4. The summed E-state index contributed by atoms with van der Waals surface area (Å²) in [7, 11) is 0. The van der Waals surface area contributed by atoms with E-state index in [2.05, 4.69) is 24.0 Å². The number of fused-ring (bicyclic) bond motifs is 1. The van der Waals surface area contributed by atoms with Crippen molar-refractivity contribution in [1.29, 1.82) is 0 Å². The molecule has 1 heterocycles. The number of benzene rings is 3. The van der Waals surface area contributed by atoms with E-state index in [1.165, 1.54) is 49.8 Å². The summed E-state index contributed by atoms with van der Waals surface area (Å²) < 4.78 is 42.6. The lowest BCUT2D eigenvalue weighted by Gasteiger charge is -2.10. The van der Waals surface area contributed by atoms with E-state index in [-0.39, 0.29) is 5.82 Å². The van der Waals surface area contributed by atoms with Gasteiger partial charge in [-0.1, -0.05) is 80.6 Å². The molecule has 0 aliphatic heterocycles. The van der Waals surface area contributed by atoms with Crippen molar-refractivity contribution in [1.82, 2.24) is 4.98 Å². The molecule has 37 heavy (non-hydrogen) atoms. The third-order valence-corrected chi connectivity index (χ3v) is 7.31.